The number of nitrogens with zero attached hydrogens (tertiary/aromatic N) is 3. The summed E-state index contributed by atoms with van der Waals surface area (Å²) in [6.45, 7) is 4.73. The number of aryl methyl sites for hydroxylation is 2. The number of anilines is 1. The van der Waals surface area contributed by atoms with Gasteiger partial charge in [-0.3, -0.25) is 0 Å². The summed E-state index contributed by atoms with van der Waals surface area (Å²) >= 11 is 0. The fourth-order valence-corrected chi connectivity index (χ4v) is 1.99. The third-order valence-corrected chi connectivity index (χ3v) is 3.23. The van der Waals surface area contributed by atoms with Crippen LogP contribution in [0.3, 0.4) is 0 Å². The Morgan fingerprint density at radius 2 is 2.20 bits per heavy atom. The molecule has 3 aromatic rings. The van der Waals surface area contributed by atoms with Crippen LogP contribution >= 0.6 is 0 Å². The summed E-state index contributed by atoms with van der Waals surface area (Å²) < 4.78 is 5.22. The molecule has 2 N–H and O–H groups in total. The predicted molar refractivity (Wildman–Crippen MR) is 75.1 cm³/mol. The Kier molecular flexibility index (Phi) is 3.20. The molecule has 0 saturated carbocycles. The number of hydrogen-bond donors (Lipinski definition) is 2. The Balaban J connectivity index is 1.82. The van der Waals surface area contributed by atoms with Crippen LogP contribution in [-0.2, 0) is 6.54 Å². The lowest BCUT2D eigenvalue weighted by Crippen LogP contribution is -2.03. The van der Waals surface area contributed by atoms with Crippen LogP contribution in [-0.4, -0.2) is 20.2 Å². The largest absolute Gasteiger partial charge is 0.423 e. The molecule has 20 heavy (non-hydrogen) atoms. The molecule has 0 bridgehead atoms. The van der Waals surface area contributed by atoms with Gasteiger partial charge in [-0.15, -0.1) is 10.2 Å². The lowest BCUT2D eigenvalue weighted by Gasteiger charge is -2.10. The Hall–Kier alpha value is -2.63. The van der Waals surface area contributed by atoms with Gasteiger partial charge in [0.15, 0.2) is 0 Å². The average Bonchev–Trinajstić information content (AvgIpc) is 3.10. The number of hydrogen-bond acceptors (Lipinski definition) is 5. The van der Waals surface area contributed by atoms with Crippen molar-refractivity contribution in [1.82, 2.24) is 20.2 Å². The van der Waals surface area contributed by atoms with Crippen molar-refractivity contribution in [1.29, 1.82) is 0 Å². The second kappa shape index (κ2) is 5.16. The van der Waals surface area contributed by atoms with Crippen LogP contribution in [0.1, 0.15) is 17.0 Å². The standard InChI is InChI=1S/C14H15N5O/c1-9-3-4-11(14-19-18-8-20-14)5-12(9)15-6-13-10(2)16-7-17-13/h3-5,7-8,15H,6H2,1-2H3,(H,16,17). The minimum Gasteiger partial charge on any atom is -0.423 e. The minimum atomic E-state index is 0.518. The zero-order valence-electron chi connectivity index (χ0n) is 11.3. The quantitative estimate of drug-likeness (QED) is 0.761. The van der Waals surface area contributed by atoms with E-state index in [0.29, 0.717) is 12.4 Å². The molecule has 0 atom stereocenters. The molecule has 0 saturated heterocycles. The number of H-pyrrole nitrogens is 1. The molecule has 6 heteroatoms. The first kappa shape index (κ1) is 12.4. The molecule has 0 aliphatic heterocycles. The maximum absolute atomic E-state index is 5.22. The van der Waals surface area contributed by atoms with E-state index in [2.05, 4.69) is 32.4 Å². The average molecular weight is 269 g/mol. The monoisotopic (exact) mass is 269 g/mol. The van der Waals surface area contributed by atoms with E-state index in [-0.39, 0.29) is 0 Å². The van der Waals surface area contributed by atoms with E-state index in [0.717, 1.165) is 28.2 Å². The van der Waals surface area contributed by atoms with Gasteiger partial charge in [-0.1, -0.05) is 6.07 Å². The van der Waals surface area contributed by atoms with E-state index in [1.54, 1.807) is 6.33 Å². The highest BCUT2D eigenvalue weighted by Crippen LogP contribution is 2.24. The Labute approximate surface area is 116 Å². The van der Waals surface area contributed by atoms with E-state index in [1.807, 2.05) is 25.1 Å². The van der Waals surface area contributed by atoms with Gasteiger partial charge >= 0.3 is 0 Å². The van der Waals surface area contributed by atoms with Crippen LogP contribution in [0.25, 0.3) is 11.5 Å². The summed E-state index contributed by atoms with van der Waals surface area (Å²) in [5.41, 5.74) is 5.16. The third-order valence-electron chi connectivity index (χ3n) is 3.23. The smallest absolute Gasteiger partial charge is 0.247 e. The molecule has 2 aromatic heterocycles. The normalized spacial score (nSPS) is 10.7. The Bertz CT molecular complexity index is 702. The third kappa shape index (κ3) is 2.40. The first-order chi connectivity index (χ1) is 9.74. The molecule has 0 aliphatic rings. The molecule has 6 nitrogen and oxygen atoms in total. The molecule has 3 rings (SSSR count). The highest BCUT2D eigenvalue weighted by atomic mass is 16.4. The topological polar surface area (TPSA) is 79.6 Å². The van der Waals surface area contributed by atoms with Gasteiger partial charge in [0.1, 0.15) is 0 Å². The molecule has 0 spiro atoms. The van der Waals surface area contributed by atoms with Crippen LogP contribution in [0, 0.1) is 13.8 Å². The second-order valence-electron chi connectivity index (χ2n) is 4.60. The van der Waals surface area contributed by atoms with Crippen molar-refractivity contribution in [3.8, 4) is 11.5 Å². The van der Waals surface area contributed by atoms with Crippen LogP contribution < -0.4 is 5.32 Å². The number of nitrogens with one attached hydrogen (secondary N) is 2. The maximum atomic E-state index is 5.22. The summed E-state index contributed by atoms with van der Waals surface area (Å²) in [5.74, 6) is 0.518. The van der Waals surface area contributed by atoms with Crippen molar-refractivity contribution in [3.05, 3.63) is 47.9 Å². The molecule has 0 aliphatic carbocycles. The first-order valence-corrected chi connectivity index (χ1v) is 6.34. The molecule has 0 amide bonds. The number of aromatic amines is 1. The van der Waals surface area contributed by atoms with Gasteiger partial charge in [0.2, 0.25) is 12.3 Å². The fourth-order valence-electron chi connectivity index (χ4n) is 1.99. The number of rotatable bonds is 4. The van der Waals surface area contributed by atoms with E-state index < -0.39 is 0 Å². The molecule has 1 aromatic carbocycles. The van der Waals surface area contributed by atoms with Crippen molar-refractivity contribution in [2.24, 2.45) is 0 Å². The molecule has 0 radical (unpaired) electrons. The molecule has 102 valence electrons. The summed E-state index contributed by atoms with van der Waals surface area (Å²) in [6.07, 6.45) is 3.03. The van der Waals surface area contributed by atoms with Crippen LogP contribution in [0.4, 0.5) is 5.69 Å². The molecule has 0 unspecified atom stereocenters. The second-order valence-corrected chi connectivity index (χ2v) is 4.60. The van der Waals surface area contributed by atoms with E-state index in [4.69, 9.17) is 4.42 Å². The SMILES string of the molecule is Cc1ccc(-c2nnco2)cc1NCc1nc[nH]c1C. The highest BCUT2D eigenvalue weighted by molar-refractivity contribution is 5.64. The van der Waals surface area contributed by atoms with E-state index >= 15 is 0 Å². The summed E-state index contributed by atoms with van der Waals surface area (Å²) in [7, 11) is 0. The van der Waals surface area contributed by atoms with Crippen LogP contribution in [0.2, 0.25) is 0 Å². The zero-order valence-corrected chi connectivity index (χ0v) is 11.3. The van der Waals surface area contributed by atoms with Crippen molar-refractivity contribution >= 4 is 5.69 Å². The lowest BCUT2D eigenvalue weighted by molar-refractivity contribution is 0.568. The van der Waals surface area contributed by atoms with E-state index in [1.165, 1.54) is 6.39 Å². The van der Waals surface area contributed by atoms with Crippen LogP contribution in [0.5, 0.6) is 0 Å². The first-order valence-electron chi connectivity index (χ1n) is 6.34. The highest BCUT2D eigenvalue weighted by Gasteiger charge is 2.07. The Morgan fingerprint density at radius 1 is 1.30 bits per heavy atom. The van der Waals surface area contributed by atoms with Crippen LogP contribution in [0.15, 0.2) is 35.3 Å². The molecule has 0 fully saturated rings. The van der Waals surface area contributed by atoms with Crippen molar-refractivity contribution < 1.29 is 4.42 Å². The van der Waals surface area contributed by atoms with Crippen molar-refractivity contribution in [2.45, 2.75) is 20.4 Å². The lowest BCUT2D eigenvalue weighted by atomic mass is 10.1. The number of aromatic nitrogens is 4. The molecular weight excluding hydrogens is 254 g/mol. The van der Waals surface area contributed by atoms with E-state index in [9.17, 15) is 0 Å². The van der Waals surface area contributed by atoms with Gasteiger partial charge in [0.25, 0.3) is 0 Å². The summed E-state index contributed by atoms with van der Waals surface area (Å²) in [4.78, 5) is 7.34. The number of benzene rings is 1. The van der Waals surface area contributed by atoms with Gasteiger partial charge in [-0.25, -0.2) is 4.98 Å². The van der Waals surface area contributed by atoms with Crippen molar-refractivity contribution in [2.75, 3.05) is 5.32 Å². The fraction of sp³-hybridized carbons (Fsp3) is 0.214. The van der Waals surface area contributed by atoms with Gasteiger partial charge in [0.05, 0.1) is 18.6 Å². The van der Waals surface area contributed by atoms with Gasteiger partial charge in [-0.05, 0) is 31.5 Å². The predicted octanol–water partition coefficient (Wildman–Crippen LogP) is 2.69. The number of imidazole rings is 1. The maximum Gasteiger partial charge on any atom is 0.247 e. The zero-order chi connectivity index (χ0) is 13.9. The van der Waals surface area contributed by atoms with Gasteiger partial charge in [0, 0.05) is 16.9 Å². The molecular formula is C14H15N5O. The van der Waals surface area contributed by atoms with Crippen molar-refractivity contribution in [3.63, 3.8) is 0 Å². The molecule has 2 heterocycles. The van der Waals surface area contributed by atoms with Gasteiger partial charge < -0.3 is 14.7 Å². The Morgan fingerprint density at radius 3 is 2.90 bits per heavy atom. The minimum absolute atomic E-state index is 0.518. The summed E-state index contributed by atoms with van der Waals surface area (Å²) in [6, 6.07) is 6.00. The summed E-state index contributed by atoms with van der Waals surface area (Å²) in [5, 5.41) is 11.0. The van der Waals surface area contributed by atoms with Gasteiger partial charge in [-0.2, -0.15) is 0 Å².